The van der Waals surface area contributed by atoms with Crippen LogP contribution in [-0.2, 0) is 27.2 Å². The van der Waals surface area contributed by atoms with E-state index in [1.165, 1.54) is 6.20 Å². The minimum Gasteiger partial charge on any atom is -0.609 e. The second kappa shape index (κ2) is 7.09. The lowest BCUT2D eigenvalue weighted by molar-refractivity contribution is -0.887. The van der Waals surface area contributed by atoms with Gasteiger partial charge in [-0.1, -0.05) is 0 Å². The molecule has 0 radical (unpaired) electrons. The fourth-order valence-electron chi connectivity index (χ4n) is 1.77. The van der Waals surface area contributed by atoms with Gasteiger partial charge in [0.05, 0.1) is 33.8 Å². The first-order valence-corrected chi connectivity index (χ1v) is 7.78. The molecule has 1 rings (SSSR count). The fraction of sp³-hybridized carbons (Fsp3) is 0.583. The van der Waals surface area contributed by atoms with Gasteiger partial charge < -0.3 is 30.0 Å². The van der Waals surface area contributed by atoms with Crippen molar-refractivity contribution in [3.8, 4) is 0 Å². The van der Waals surface area contributed by atoms with Crippen molar-refractivity contribution in [2.45, 2.75) is 23.7 Å². The van der Waals surface area contributed by atoms with Gasteiger partial charge >= 0.3 is 17.1 Å². The zero-order chi connectivity index (χ0) is 17.1. The van der Waals surface area contributed by atoms with E-state index in [-0.39, 0.29) is 21.8 Å². The Morgan fingerprint density at radius 2 is 2.00 bits per heavy atom. The summed E-state index contributed by atoms with van der Waals surface area (Å²) in [5.41, 5.74) is 5.85. The van der Waals surface area contributed by atoms with Crippen LogP contribution in [0.5, 0.6) is 0 Å². The lowest BCUT2D eigenvalue weighted by Crippen LogP contribution is -2.51. The van der Waals surface area contributed by atoms with Crippen LogP contribution >= 0.6 is 0 Å². The molecule has 0 fully saturated rings. The number of imidazole rings is 1. The zero-order valence-electron chi connectivity index (χ0n) is 12.6. The minimum absolute atomic E-state index is 0.0947. The largest absolute Gasteiger partial charge is 0.609 e. The van der Waals surface area contributed by atoms with Crippen molar-refractivity contribution >= 4 is 23.1 Å². The Kier molecular flexibility index (Phi) is 5.94. The third kappa shape index (κ3) is 4.98. The zero-order valence-corrected chi connectivity index (χ0v) is 13.5. The minimum atomic E-state index is -1.68. The number of nitrogens with zero attached hydrogens (tertiary/aromatic N) is 2. The molecule has 0 saturated carbocycles. The summed E-state index contributed by atoms with van der Waals surface area (Å²) in [6.45, 7) is 0. The van der Waals surface area contributed by atoms with E-state index < -0.39 is 35.2 Å². The topological polar surface area (TPSA) is 152 Å². The normalized spacial score (nSPS) is 16.0. The molecule has 10 heteroatoms. The Balaban J connectivity index is 2.79. The number of rotatable bonds is 8. The average molecular weight is 333 g/mol. The number of carboxylic acid groups (broad SMARTS) is 2. The van der Waals surface area contributed by atoms with E-state index in [9.17, 15) is 19.2 Å². The highest BCUT2D eigenvalue weighted by Gasteiger charge is 2.33. The molecule has 0 amide bonds. The number of hydrogen-bond donors (Lipinski definition) is 4. The van der Waals surface area contributed by atoms with E-state index in [2.05, 4.69) is 9.97 Å². The fourth-order valence-corrected chi connectivity index (χ4v) is 2.81. The molecule has 0 aliphatic heterocycles. The molecule has 1 unspecified atom stereocenters. The van der Waals surface area contributed by atoms with Crippen LogP contribution in [-0.4, -0.2) is 80.1 Å². The summed E-state index contributed by atoms with van der Waals surface area (Å²) in [5.74, 6) is -2.45. The lowest BCUT2D eigenvalue weighted by Gasteiger charge is -2.30. The molecule has 124 valence electrons. The molecule has 5 N–H and O–H groups in total. The highest BCUT2D eigenvalue weighted by molar-refractivity contribution is 7.91. The molecule has 0 aliphatic rings. The van der Waals surface area contributed by atoms with Gasteiger partial charge in [-0.05, 0) is 0 Å². The molecular formula is C12H21N4O5S+. The number of nitrogens with one attached hydrogen (secondary N) is 1. The monoisotopic (exact) mass is 333 g/mol. The van der Waals surface area contributed by atoms with Crippen LogP contribution in [0.1, 0.15) is 5.69 Å². The van der Waals surface area contributed by atoms with E-state index in [1.807, 2.05) is 0 Å². The summed E-state index contributed by atoms with van der Waals surface area (Å²) < 4.78 is 12.2. The van der Waals surface area contributed by atoms with Crippen LogP contribution in [0.15, 0.2) is 11.4 Å². The molecule has 0 aliphatic carbocycles. The second-order valence-electron chi connectivity index (χ2n) is 5.84. The van der Waals surface area contributed by atoms with Crippen molar-refractivity contribution in [2.75, 3.05) is 26.9 Å². The van der Waals surface area contributed by atoms with E-state index in [1.54, 1.807) is 21.1 Å². The maximum absolute atomic E-state index is 11.9. The van der Waals surface area contributed by atoms with Gasteiger partial charge in [0.2, 0.25) is 0 Å². The summed E-state index contributed by atoms with van der Waals surface area (Å²) >= 11 is -1.68. The Bertz CT molecular complexity index is 542. The number of quaternary nitrogens is 1. The first-order valence-electron chi connectivity index (χ1n) is 6.47. The van der Waals surface area contributed by atoms with E-state index in [4.69, 9.17) is 10.8 Å². The number of carbonyl (C=O) groups is 2. The van der Waals surface area contributed by atoms with Crippen LogP contribution in [0.25, 0.3) is 0 Å². The van der Waals surface area contributed by atoms with Gasteiger partial charge in [0.15, 0.2) is 6.04 Å². The Morgan fingerprint density at radius 3 is 2.45 bits per heavy atom. The van der Waals surface area contributed by atoms with Gasteiger partial charge in [-0.25, -0.2) is 4.79 Å². The van der Waals surface area contributed by atoms with E-state index >= 15 is 0 Å². The van der Waals surface area contributed by atoms with Crippen LogP contribution in [0, 0.1) is 0 Å². The molecular weight excluding hydrogens is 312 g/mol. The molecule has 0 bridgehead atoms. The maximum Gasteiger partial charge on any atom is 0.362 e. The van der Waals surface area contributed by atoms with Gasteiger partial charge in [-0.2, -0.15) is 4.98 Å². The number of likely N-dealkylation sites (N-methyl/N-ethyl adjacent to an activating group) is 1. The molecule has 9 nitrogen and oxygen atoms in total. The first kappa shape index (κ1) is 18.4. The van der Waals surface area contributed by atoms with Gasteiger partial charge in [0.1, 0.15) is 11.8 Å². The van der Waals surface area contributed by atoms with E-state index in [0.29, 0.717) is 5.69 Å². The van der Waals surface area contributed by atoms with Crippen molar-refractivity contribution in [3.05, 3.63) is 11.9 Å². The molecule has 1 heterocycles. The van der Waals surface area contributed by atoms with Gasteiger partial charge in [0, 0.05) is 16.9 Å². The maximum atomic E-state index is 11.9. The lowest BCUT2D eigenvalue weighted by atomic mass is 10.1. The Labute approximate surface area is 130 Å². The van der Waals surface area contributed by atoms with Gasteiger partial charge in [-0.15, -0.1) is 0 Å². The Hall–Kier alpha value is -1.62. The molecule has 22 heavy (non-hydrogen) atoms. The highest BCUT2D eigenvalue weighted by atomic mass is 32.2. The second-order valence-corrected chi connectivity index (χ2v) is 7.26. The SMILES string of the molecule is C[N+](C)(C)[C@@H](Cc1cnc([S+]([O-])C[C@H](N)C(=O)O)[nH]1)C(=O)O. The third-order valence-electron chi connectivity index (χ3n) is 3.10. The van der Waals surface area contributed by atoms with Crippen molar-refractivity contribution in [3.63, 3.8) is 0 Å². The number of H-pyrrole nitrogens is 1. The standard InChI is InChI=1S/C12H20N4O5S/c1-16(2,3)9(11(19)20)4-7-5-14-12(15-7)22(21)6-8(13)10(17)18/h5,8-9H,4,6,13H2,1-3H3,(H2-,14,15,17,18,19,20)/p+1/t8-,9-,22?/m0/s1. The molecule has 0 spiro atoms. The summed E-state index contributed by atoms with van der Waals surface area (Å²) in [6, 6.07) is -1.93. The van der Waals surface area contributed by atoms with E-state index in [0.717, 1.165) is 0 Å². The average Bonchev–Trinajstić information content (AvgIpc) is 2.82. The highest BCUT2D eigenvalue weighted by Crippen LogP contribution is 2.13. The van der Waals surface area contributed by atoms with Crippen LogP contribution in [0.2, 0.25) is 0 Å². The quantitative estimate of drug-likeness (QED) is 0.338. The molecule has 0 aromatic carbocycles. The number of aliphatic carboxylic acids is 2. The molecule has 1 aromatic heterocycles. The number of carboxylic acids is 2. The number of aromatic nitrogens is 2. The smallest absolute Gasteiger partial charge is 0.362 e. The predicted molar refractivity (Wildman–Crippen MR) is 78.6 cm³/mol. The first-order chi connectivity index (χ1) is 10.0. The van der Waals surface area contributed by atoms with Gasteiger partial charge in [-0.3, -0.25) is 4.79 Å². The number of aromatic amines is 1. The summed E-state index contributed by atoms with van der Waals surface area (Å²) in [4.78, 5) is 28.7. The van der Waals surface area contributed by atoms with Crippen molar-refractivity contribution in [1.29, 1.82) is 0 Å². The molecule has 3 atom stereocenters. The van der Waals surface area contributed by atoms with Crippen molar-refractivity contribution in [1.82, 2.24) is 9.97 Å². The number of nitrogens with two attached hydrogens (primary N) is 1. The van der Waals surface area contributed by atoms with Gasteiger partial charge in [0.25, 0.3) is 0 Å². The summed E-state index contributed by atoms with van der Waals surface area (Å²) in [5, 5.41) is 18.1. The van der Waals surface area contributed by atoms with Crippen molar-refractivity contribution in [2.24, 2.45) is 5.73 Å². The summed E-state index contributed by atoms with van der Waals surface area (Å²) in [7, 11) is 5.29. The number of hydrogen-bond acceptors (Lipinski definition) is 5. The van der Waals surface area contributed by atoms with Crippen LogP contribution < -0.4 is 5.73 Å². The van der Waals surface area contributed by atoms with Crippen molar-refractivity contribution < 1.29 is 28.8 Å². The summed E-state index contributed by atoms with van der Waals surface area (Å²) in [6.07, 6.45) is 1.60. The van der Waals surface area contributed by atoms with Crippen LogP contribution in [0.3, 0.4) is 0 Å². The molecule has 0 saturated heterocycles. The predicted octanol–water partition coefficient (Wildman–Crippen LogP) is -1.37. The molecule has 1 aromatic rings. The Morgan fingerprint density at radius 1 is 1.41 bits per heavy atom. The third-order valence-corrected chi connectivity index (χ3v) is 4.40. The van der Waals surface area contributed by atoms with Crippen LogP contribution in [0.4, 0.5) is 0 Å².